The molecule has 0 spiro atoms. The Morgan fingerprint density at radius 3 is 2.56 bits per heavy atom. The Balaban J connectivity index is 1.71. The number of anilines is 1. The number of likely N-dealkylation sites (N-methyl/N-ethyl adjacent to an activating group) is 1. The molecular weight excluding hydrogens is 336 g/mol. The van der Waals surface area contributed by atoms with Gasteiger partial charge in [0.1, 0.15) is 5.75 Å². The van der Waals surface area contributed by atoms with E-state index in [1.54, 1.807) is 0 Å². The molecule has 1 heterocycles. The molecule has 1 aliphatic rings. The molecule has 0 saturated carbocycles. The molecule has 1 unspecified atom stereocenters. The zero-order chi connectivity index (χ0) is 19.2. The number of benzene rings is 2. The summed E-state index contributed by atoms with van der Waals surface area (Å²) in [7, 11) is 0. The van der Waals surface area contributed by atoms with Gasteiger partial charge in [-0.2, -0.15) is 0 Å². The van der Waals surface area contributed by atoms with Crippen LogP contribution in [0.5, 0.6) is 5.75 Å². The molecule has 2 aromatic carbocycles. The van der Waals surface area contributed by atoms with Crippen LogP contribution in [0.4, 0.5) is 5.69 Å². The lowest BCUT2D eigenvalue weighted by atomic mass is 10.0. The van der Waals surface area contributed by atoms with Crippen LogP contribution in [0.3, 0.4) is 0 Å². The Bertz CT molecular complexity index is 757. The van der Waals surface area contributed by atoms with E-state index in [0.717, 1.165) is 36.4 Å². The fourth-order valence-corrected chi connectivity index (χ4v) is 3.95. The largest absolute Gasteiger partial charge is 0.494 e. The maximum absolute atomic E-state index is 13.1. The van der Waals surface area contributed by atoms with Crippen molar-refractivity contribution in [1.82, 2.24) is 4.90 Å². The van der Waals surface area contributed by atoms with Gasteiger partial charge in [-0.05, 0) is 69.5 Å². The number of ether oxygens (including phenoxy) is 1. The number of para-hydroxylation sites is 1. The second-order valence-corrected chi connectivity index (χ2v) is 7.06. The second-order valence-electron chi connectivity index (χ2n) is 7.06. The van der Waals surface area contributed by atoms with E-state index in [2.05, 4.69) is 30.0 Å². The summed E-state index contributed by atoms with van der Waals surface area (Å²) >= 11 is 0. The predicted molar refractivity (Wildman–Crippen MR) is 110 cm³/mol. The maximum atomic E-state index is 13.1. The van der Waals surface area contributed by atoms with E-state index in [0.29, 0.717) is 25.7 Å². The molecule has 1 saturated heterocycles. The quantitative estimate of drug-likeness (QED) is 0.719. The number of aryl methyl sites for hydroxylation is 1. The van der Waals surface area contributed by atoms with Gasteiger partial charge in [-0.3, -0.25) is 9.69 Å². The van der Waals surface area contributed by atoms with Gasteiger partial charge in [0, 0.05) is 18.3 Å². The van der Waals surface area contributed by atoms with Crippen molar-refractivity contribution >= 4 is 11.6 Å². The minimum atomic E-state index is 0.171. The first-order chi connectivity index (χ1) is 13.1. The van der Waals surface area contributed by atoms with Crippen molar-refractivity contribution in [3.63, 3.8) is 0 Å². The molecule has 4 nitrogen and oxygen atoms in total. The number of amides is 1. The number of carbonyl (C=O) groups excluding carboxylic acids is 1. The number of hydrogen-bond donors (Lipinski definition) is 0. The third-order valence-electron chi connectivity index (χ3n) is 5.30. The van der Waals surface area contributed by atoms with E-state index < -0.39 is 0 Å². The molecule has 27 heavy (non-hydrogen) atoms. The van der Waals surface area contributed by atoms with Crippen LogP contribution < -0.4 is 9.64 Å². The molecule has 3 rings (SSSR count). The summed E-state index contributed by atoms with van der Waals surface area (Å²) < 4.78 is 5.55. The van der Waals surface area contributed by atoms with E-state index in [1.165, 1.54) is 5.56 Å². The zero-order valence-electron chi connectivity index (χ0n) is 16.6. The van der Waals surface area contributed by atoms with Crippen molar-refractivity contribution < 1.29 is 9.53 Å². The average Bonchev–Trinajstić information content (AvgIpc) is 3.13. The molecular formula is C23H30N2O2. The van der Waals surface area contributed by atoms with Gasteiger partial charge in [0.15, 0.2) is 0 Å². The maximum Gasteiger partial charge on any atom is 0.241 e. The van der Waals surface area contributed by atoms with Crippen molar-refractivity contribution in [1.29, 1.82) is 0 Å². The summed E-state index contributed by atoms with van der Waals surface area (Å²) in [5, 5.41) is 0. The Labute approximate surface area is 162 Å². The molecule has 4 heteroatoms. The summed E-state index contributed by atoms with van der Waals surface area (Å²) in [6.07, 6.45) is 2.22. The topological polar surface area (TPSA) is 32.8 Å². The van der Waals surface area contributed by atoms with Crippen molar-refractivity contribution in [2.24, 2.45) is 0 Å². The molecule has 1 amide bonds. The highest BCUT2D eigenvalue weighted by Gasteiger charge is 2.29. The molecule has 1 aliphatic heterocycles. The molecule has 1 atom stereocenters. The van der Waals surface area contributed by atoms with Crippen LogP contribution in [-0.4, -0.2) is 37.0 Å². The van der Waals surface area contributed by atoms with E-state index in [4.69, 9.17) is 4.74 Å². The number of nitrogens with zero attached hydrogens (tertiary/aromatic N) is 2. The monoisotopic (exact) mass is 366 g/mol. The van der Waals surface area contributed by atoms with Crippen LogP contribution in [0, 0.1) is 6.92 Å². The normalized spacial score (nSPS) is 17.1. The fraction of sp³-hybridized carbons (Fsp3) is 0.435. The molecule has 0 N–H and O–H groups in total. The van der Waals surface area contributed by atoms with Crippen LogP contribution in [0.1, 0.15) is 43.9 Å². The van der Waals surface area contributed by atoms with E-state index >= 15 is 0 Å². The second kappa shape index (κ2) is 9.05. The molecule has 1 fully saturated rings. The van der Waals surface area contributed by atoms with Crippen molar-refractivity contribution in [3.05, 3.63) is 59.7 Å². The first-order valence-corrected chi connectivity index (χ1v) is 9.96. The first kappa shape index (κ1) is 19.4. The minimum absolute atomic E-state index is 0.171. The molecule has 0 bridgehead atoms. The molecule has 144 valence electrons. The summed E-state index contributed by atoms with van der Waals surface area (Å²) in [6.45, 7) is 8.88. The van der Waals surface area contributed by atoms with Gasteiger partial charge in [-0.15, -0.1) is 0 Å². The number of carbonyl (C=O) groups is 1. The van der Waals surface area contributed by atoms with Gasteiger partial charge < -0.3 is 9.64 Å². The number of rotatable bonds is 7. The van der Waals surface area contributed by atoms with E-state index in [9.17, 15) is 4.79 Å². The third kappa shape index (κ3) is 4.51. The van der Waals surface area contributed by atoms with Crippen LogP contribution in [-0.2, 0) is 4.79 Å². The minimum Gasteiger partial charge on any atom is -0.494 e. The van der Waals surface area contributed by atoms with Crippen LogP contribution in [0.2, 0.25) is 0 Å². The lowest BCUT2D eigenvalue weighted by Crippen LogP contribution is -2.40. The summed E-state index contributed by atoms with van der Waals surface area (Å²) in [5.41, 5.74) is 3.42. The van der Waals surface area contributed by atoms with Crippen LogP contribution in [0.15, 0.2) is 48.5 Å². The van der Waals surface area contributed by atoms with Crippen LogP contribution in [0.25, 0.3) is 0 Å². The van der Waals surface area contributed by atoms with Gasteiger partial charge >= 0.3 is 0 Å². The Hall–Kier alpha value is -2.33. The lowest BCUT2D eigenvalue weighted by Gasteiger charge is -2.29. The lowest BCUT2D eigenvalue weighted by molar-refractivity contribution is -0.119. The van der Waals surface area contributed by atoms with Crippen LogP contribution >= 0.6 is 0 Å². The summed E-state index contributed by atoms with van der Waals surface area (Å²) in [5.74, 6) is 1.07. The van der Waals surface area contributed by atoms with Gasteiger partial charge in [-0.25, -0.2) is 0 Å². The van der Waals surface area contributed by atoms with E-state index in [-0.39, 0.29) is 5.91 Å². The summed E-state index contributed by atoms with van der Waals surface area (Å²) in [6, 6.07) is 16.7. The Morgan fingerprint density at radius 2 is 1.89 bits per heavy atom. The Morgan fingerprint density at radius 1 is 1.15 bits per heavy atom. The third-order valence-corrected chi connectivity index (χ3v) is 5.30. The van der Waals surface area contributed by atoms with Gasteiger partial charge in [0.25, 0.3) is 0 Å². The molecule has 0 aromatic heterocycles. The van der Waals surface area contributed by atoms with Gasteiger partial charge in [0.05, 0.1) is 13.2 Å². The standard InChI is InChI=1S/C23H30N2O2/c1-4-25(21-10-7-6-9-18(21)3)23(26)17-24-16-8-11-22(24)19-12-14-20(15-13-19)27-5-2/h6-7,9-10,12-15,22H,4-5,8,11,16-17H2,1-3H3. The van der Waals surface area contributed by atoms with Gasteiger partial charge in [-0.1, -0.05) is 30.3 Å². The van der Waals surface area contributed by atoms with Gasteiger partial charge in [0.2, 0.25) is 5.91 Å². The van der Waals surface area contributed by atoms with Crippen molar-refractivity contribution in [2.75, 3.05) is 31.1 Å². The van der Waals surface area contributed by atoms with E-state index in [1.807, 2.05) is 49.1 Å². The Kier molecular flexibility index (Phi) is 6.51. The zero-order valence-corrected chi connectivity index (χ0v) is 16.6. The predicted octanol–water partition coefficient (Wildman–Crippen LogP) is 4.58. The smallest absolute Gasteiger partial charge is 0.241 e. The number of likely N-dealkylation sites (tertiary alicyclic amines) is 1. The SMILES string of the molecule is CCOc1ccc(C2CCCN2CC(=O)N(CC)c2ccccc2C)cc1. The first-order valence-electron chi connectivity index (χ1n) is 9.96. The van der Waals surface area contributed by atoms with Crippen molar-refractivity contribution in [3.8, 4) is 5.75 Å². The fourth-order valence-electron chi connectivity index (χ4n) is 3.95. The highest BCUT2D eigenvalue weighted by molar-refractivity contribution is 5.95. The summed E-state index contributed by atoms with van der Waals surface area (Å²) in [4.78, 5) is 17.3. The van der Waals surface area contributed by atoms with Crippen molar-refractivity contribution in [2.45, 2.75) is 39.7 Å². The number of hydrogen-bond acceptors (Lipinski definition) is 3. The molecule has 0 radical (unpaired) electrons. The highest BCUT2D eigenvalue weighted by atomic mass is 16.5. The average molecular weight is 367 g/mol. The molecule has 2 aromatic rings. The molecule has 0 aliphatic carbocycles. The highest BCUT2D eigenvalue weighted by Crippen LogP contribution is 2.33.